The molecule has 2 N–H and O–H groups in total. The Morgan fingerprint density at radius 3 is 2.64 bits per heavy atom. The summed E-state index contributed by atoms with van der Waals surface area (Å²) in [5, 5.41) is 0. The molecular weight excluding hydrogens is 347 g/mol. The van der Waals surface area contributed by atoms with Crippen LogP contribution in [0.15, 0.2) is 24.3 Å². The number of rotatable bonds is 8. The van der Waals surface area contributed by atoms with E-state index in [0.717, 1.165) is 19.3 Å². The van der Waals surface area contributed by atoms with E-state index in [-0.39, 0.29) is 30.2 Å². The number of hydrogen-bond donors (Lipinski definition) is 1. The van der Waals surface area contributed by atoms with Gasteiger partial charge in [0.1, 0.15) is 0 Å². The molecule has 25 heavy (non-hydrogen) atoms. The maximum Gasteiger partial charge on any atom is 0.263 e. The van der Waals surface area contributed by atoms with Crippen molar-refractivity contribution < 1.29 is 18.7 Å². The Bertz CT molecular complexity index is 525. The molecule has 1 aromatic carbocycles. The predicted octanol–water partition coefficient (Wildman–Crippen LogP) is 2.76. The van der Waals surface area contributed by atoms with E-state index >= 15 is 0 Å². The van der Waals surface area contributed by atoms with Crippen LogP contribution in [0.5, 0.6) is 5.75 Å². The van der Waals surface area contributed by atoms with Crippen molar-refractivity contribution in [3.05, 3.63) is 30.1 Å². The summed E-state index contributed by atoms with van der Waals surface area (Å²) in [4.78, 5) is 14.4. The average molecular weight is 375 g/mol. The summed E-state index contributed by atoms with van der Waals surface area (Å²) >= 11 is 0. The standard InChI is InChI=1S/C18H27FN2O3.ClH/c1-2-16(24-17-7-4-3-6-15(17)19)18(22)21-11-8-14(9-12-21)23-13-5-10-20;/h3-4,6-7,14,16H,2,5,8-13,20H2,1H3;1H. The third-order valence-electron chi connectivity index (χ3n) is 4.21. The maximum absolute atomic E-state index is 13.7. The maximum atomic E-state index is 13.7. The summed E-state index contributed by atoms with van der Waals surface area (Å²) in [5.41, 5.74) is 5.45. The van der Waals surface area contributed by atoms with Gasteiger partial charge in [-0.2, -0.15) is 0 Å². The number of ether oxygens (including phenoxy) is 2. The molecule has 1 amide bonds. The van der Waals surface area contributed by atoms with Crippen LogP contribution in [-0.2, 0) is 9.53 Å². The van der Waals surface area contributed by atoms with Gasteiger partial charge in [-0.25, -0.2) is 4.39 Å². The Morgan fingerprint density at radius 2 is 2.04 bits per heavy atom. The summed E-state index contributed by atoms with van der Waals surface area (Å²) in [6, 6.07) is 6.17. The highest BCUT2D eigenvalue weighted by Gasteiger charge is 2.29. The van der Waals surface area contributed by atoms with Gasteiger partial charge in [0.05, 0.1) is 6.10 Å². The number of likely N-dealkylation sites (tertiary alicyclic amines) is 1. The van der Waals surface area contributed by atoms with Crippen LogP contribution in [0.25, 0.3) is 0 Å². The molecule has 1 aliphatic heterocycles. The van der Waals surface area contributed by atoms with E-state index in [1.807, 2.05) is 6.92 Å². The zero-order valence-corrected chi connectivity index (χ0v) is 15.5. The number of nitrogens with zero attached hydrogens (tertiary/aromatic N) is 1. The molecule has 1 aliphatic rings. The largest absolute Gasteiger partial charge is 0.478 e. The SMILES string of the molecule is CCC(Oc1ccccc1F)C(=O)N1CCC(OCCCN)CC1.Cl. The van der Waals surface area contributed by atoms with Gasteiger partial charge >= 0.3 is 0 Å². The molecule has 5 nitrogen and oxygen atoms in total. The number of halogens is 2. The van der Waals surface area contributed by atoms with Crippen LogP contribution in [0.4, 0.5) is 4.39 Å². The van der Waals surface area contributed by atoms with Gasteiger partial charge in [0.15, 0.2) is 17.7 Å². The Kier molecular flexibility index (Phi) is 9.78. The van der Waals surface area contributed by atoms with Gasteiger partial charge in [-0.05, 0) is 44.4 Å². The molecule has 1 unspecified atom stereocenters. The van der Waals surface area contributed by atoms with Crippen LogP contribution in [0.2, 0.25) is 0 Å². The van der Waals surface area contributed by atoms with Crippen molar-refractivity contribution in [1.82, 2.24) is 4.90 Å². The van der Waals surface area contributed by atoms with Crippen molar-refractivity contribution in [2.45, 2.75) is 44.8 Å². The Morgan fingerprint density at radius 1 is 1.36 bits per heavy atom. The lowest BCUT2D eigenvalue weighted by Crippen LogP contribution is -2.47. The van der Waals surface area contributed by atoms with Crippen molar-refractivity contribution in [2.24, 2.45) is 5.73 Å². The topological polar surface area (TPSA) is 64.8 Å². The summed E-state index contributed by atoms with van der Waals surface area (Å²) in [7, 11) is 0. The van der Waals surface area contributed by atoms with Gasteiger partial charge in [-0.1, -0.05) is 19.1 Å². The average Bonchev–Trinajstić information content (AvgIpc) is 2.61. The summed E-state index contributed by atoms with van der Waals surface area (Å²) in [5.74, 6) is -0.408. The van der Waals surface area contributed by atoms with Gasteiger partial charge in [0.25, 0.3) is 5.91 Å². The van der Waals surface area contributed by atoms with Gasteiger partial charge in [0.2, 0.25) is 0 Å². The molecule has 0 aromatic heterocycles. The second-order valence-electron chi connectivity index (χ2n) is 5.98. The first-order valence-electron chi connectivity index (χ1n) is 8.67. The third kappa shape index (κ3) is 6.45. The van der Waals surface area contributed by atoms with Gasteiger partial charge < -0.3 is 20.1 Å². The van der Waals surface area contributed by atoms with Crippen LogP contribution in [0.1, 0.15) is 32.6 Å². The van der Waals surface area contributed by atoms with E-state index in [1.54, 1.807) is 23.1 Å². The molecule has 1 aromatic rings. The minimum absolute atomic E-state index is 0. The highest BCUT2D eigenvalue weighted by molar-refractivity contribution is 5.85. The van der Waals surface area contributed by atoms with E-state index < -0.39 is 11.9 Å². The smallest absolute Gasteiger partial charge is 0.263 e. The normalized spacial score (nSPS) is 16.2. The first kappa shape index (κ1) is 21.7. The molecule has 0 saturated carbocycles. The molecule has 1 saturated heterocycles. The molecule has 1 fully saturated rings. The summed E-state index contributed by atoms with van der Waals surface area (Å²) in [6.45, 7) is 4.45. The predicted molar refractivity (Wildman–Crippen MR) is 97.6 cm³/mol. The van der Waals surface area contributed by atoms with E-state index in [2.05, 4.69) is 0 Å². The molecule has 0 aliphatic carbocycles. The van der Waals surface area contributed by atoms with Crippen molar-refractivity contribution in [2.75, 3.05) is 26.2 Å². The van der Waals surface area contributed by atoms with Crippen molar-refractivity contribution in [3.8, 4) is 5.75 Å². The lowest BCUT2D eigenvalue weighted by molar-refractivity contribution is -0.141. The van der Waals surface area contributed by atoms with E-state index in [4.69, 9.17) is 15.2 Å². The monoisotopic (exact) mass is 374 g/mol. The van der Waals surface area contributed by atoms with Crippen LogP contribution >= 0.6 is 12.4 Å². The highest BCUT2D eigenvalue weighted by atomic mass is 35.5. The molecule has 142 valence electrons. The summed E-state index contributed by atoms with van der Waals surface area (Å²) < 4.78 is 25.1. The van der Waals surface area contributed by atoms with Crippen LogP contribution < -0.4 is 10.5 Å². The van der Waals surface area contributed by atoms with E-state index in [0.29, 0.717) is 32.7 Å². The van der Waals surface area contributed by atoms with E-state index in [9.17, 15) is 9.18 Å². The number of carbonyl (C=O) groups excluding carboxylic acids is 1. The molecule has 0 radical (unpaired) electrons. The summed E-state index contributed by atoms with van der Waals surface area (Å²) in [6.07, 6.45) is 2.51. The second-order valence-corrected chi connectivity index (χ2v) is 5.98. The number of benzene rings is 1. The van der Waals surface area contributed by atoms with Crippen LogP contribution in [0.3, 0.4) is 0 Å². The van der Waals surface area contributed by atoms with Crippen molar-refractivity contribution >= 4 is 18.3 Å². The van der Waals surface area contributed by atoms with Gasteiger partial charge in [-0.15, -0.1) is 12.4 Å². The molecule has 0 bridgehead atoms. The van der Waals surface area contributed by atoms with E-state index in [1.165, 1.54) is 6.07 Å². The highest BCUT2D eigenvalue weighted by Crippen LogP contribution is 2.21. The van der Waals surface area contributed by atoms with Crippen LogP contribution in [0, 0.1) is 5.82 Å². The minimum atomic E-state index is -0.656. The first-order valence-corrected chi connectivity index (χ1v) is 8.67. The fraction of sp³-hybridized carbons (Fsp3) is 0.611. The number of nitrogens with two attached hydrogens (primary N) is 1. The molecular formula is C18H28ClFN2O3. The number of piperidine rings is 1. The Balaban J connectivity index is 0.00000312. The zero-order chi connectivity index (χ0) is 17.4. The lowest BCUT2D eigenvalue weighted by Gasteiger charge is -2.34. The van der Waals surface area contributed by atoms with Crippen LogP contribution in [-0.4, -0.2) is 49.3 Å². The zero-order valence-electron chi connectivity index (χ0n) is 14.7. The molecule has 1 heterocycles. The fourth-order valence-electron chi connectivity index (χ4n) is 2.78. The first-order chi connectivity index (χ1) is 11.7. The molecule has 0 spiro atoms. The third-order valence-corrected chi connectivity index (χ3v) is 4.21. The number of hydrogen-bond acceptors (Lipinski definition) is 4. The Labute approximate surface area is 155 Å². The number of amides is 1. The van der Waals surface area contributed by atoms with Gasteiger partial charge in [-0.3, -0.25) is 4.79 Å². The number of carbonyl (C=O) groups is 1. The lowest BCUT2D eigenvalue weighted by atomic mass is 10.1. The van der Waals surface area contributed by atoms with Gasteiger partial charge in [0, 0.05) is 19.7 Å². The molecule has 7 heteroatoms. The molecule has 1 atom stereocenters. The Hall–Kier alpha value is -1.37. The van der Waals surface area contributed by atoms with Crippen molar-refractivity contribution in [3.63, 3.8) is 0 Å². The quantitative estimate of drug-likeness (QED) is 0.710. The minimum Gasteiger partial charge on any atom is -0.478 e. The fourth-order valence-corrected chi connectivity index (χ4v) is 2.78. The number of para-hydroxylation sites is 1. The molecule has 2 rings (SSSR count). The van der Waals surface area contributed by atoms with Crippen molar-refractivity contribution in [1.29, 1.82) is 0 Å². The second kappa shape index (κ2) is 11.3.